The zero-order valence-corrected chi connectivity index (χ0v) is 24.2. The quantitative estimate of drug-likeness (QED) is 0.145. The molecule has 2 aromatic heterocycles. The van der Waals surface area contributed by atoms with Crippen molar-refractivity contribution >= 4 is 11.9 Å². The van der Waals surface area contributed by atoms with Gasteiger partial charge in [-0.05, 0) is 59.9 Å². The molecule has 42 heavy (non-hydrogen) atoms. The molecule has 0 spiro atoms. The van der Waals surface area contributed by atoms with Gasteiger partial charge in [0.1, 0.15) is 11.9 Å². The van der Waals surface area contributed by atoms with E-state index in [1.807, 2.05) is 30.6 Å². The lowest BCUT2D eigenvalue weighted by Crippen LogP contribution is -2.36. The Morgan fingerprint density at radius 1 is 0.833 bits per heavy atom. The molecule has 1 aliphatic rings. The van der Waals surface area contributed by atoms with Gasteiger partial charge in [-0.15, -0.1) is 0 Å². The predicted octanol–water partition coefficient (Wildman–Crippen LogP) is 7.98. The highest BCUT2D eigenvalue weighted by molar-refractivity contribution is 5.96. The molecule has 1 saturated carbocycles. The van der Waals surface area contributed by atoms with E-state index in [0.717, 1.165) is 53.6 Å². The van der Waals surface area contributed by atoms with Crippen LogP contribution in [-0.4, -0.2) is 25.3 Å². The maximum atomic E-state index is 13.1. The molecule has 5 aromatic rings. The molecule has 1 aliphatic carbocycles. The molecular weight excluding hydrogens is 516 g/mol. The molecule has 5 heteroatoms. The summed E-state index contributed by atoms with van der Waals surface area (Å²) in [6, 6.07) is 31.6. The van der Waals surface area contributed by atoms with Gasteiger partial charge in [0, 0.05) is 23.9 Å². The van der Waals surface area contributed by atoms with Gasteiger partial charge in [0.2, 0.25) is 0 Å². The van der Waals surface area contributed by atoms with Crippen LogP contribution in [0.4, 0.5) is 0 Å². The molecule has 2 heterocycles. The van der Waals surface area contributed by atoms with Crippen molar-refractivity contribution in [2.45, 2.75) is 45.1 Å². The first-order valence-corrected chi connectivity index (χ1v) is 14.7. The minimum atomic E-state index is -0.661. The zero-order chi connectivity index (χ0) is 29.0. The van der Waals surface area contributed by atoms with Crippen molar-refractivity contribution < 1.29 is 4.79 Å². The van der Waals surface area contributed by atoms with E-state index in [4.69, 9.17) is 4.98 Å². The number of allylic oxidation sites excluding steroid dienone is 1. The SMILES string of the molecule is CC1(C)CCC(C(=O)/C=C/c2ncncc2-c2cn(C(c3ccccc3)(c3ccccc3)c3ccccc3)cn2)CC1. The van der Waals surface area contributed by atoms with Gasteiger partial charge in [-0.2, -0.15) is 0 Å². The van der Waals surface area contributed by atoms with E-state index in [0.29, 0.717) is 11.1 Å². The van der Waals surface area contributed by atoms with Crippen molar-refractivity contribution in [3.63, 3.8) is 0 Å². The molecule has 3 aromatic carbocycles. The number of imidazole rings is 1. The highest BCUT2D eigenvalue weighted by atomic mass is 16.1. The third-order valence-corrected chi connectivity index (χ3v) is 8.71. The van der Waals surface area contributed by atoms with Crippen LogP contribution in [0.5, 0.6) is 0 Å². The minimum Gasteiger partial charge on any atom is -0.318 e. The lowest BCUT2D eigenvalue weighted by atomic mass is 9.72. The molecule has 0 bridgehead atoms. The number of hydrogen-bond acceptors (Lipinski definition) is 4. The number of benzene rings is 3. The highest BCUT2D eigenvalue weighted by Crippen LogP contribution is 2.42. The average molecular weight is 553 g/mol. The normalized spacial score (nSPS) is 15.6. The van der Waals surface area contributed by atoms with Gasteiger partial charge in [-0.25, -0.2) is 15.0 Å². The van der Waals surface area contributed by atoms with E-state index in [9.17, 15) is 4.79 Å². The number of carbonyl (C=O) groups excluding carboxylic acids is 1. The van der Waals surface area contributed by atoms with Crippen LogP contribution < -0.4 is 0 Å². The topological polar surface area (TPSA) is 60.7 Å². The summed E-state index contributed by atoms with van der Waals surface area (Å²) in [5.74, 6) is 0.263. The monoisotopic (exact) mass is 552 g/mol. The summed E-state index contributed by atoms with van der Waals surface area (Å²) in [5, 5.41) is 0. The van der Waals surface area contributed by atoms with Crippen molar-refractivity contribution in [3.05, 3.63) is 145 Å². The van der Waals surface area contributed by atoms with Crippen molar-refractivity contribution in [3.8, 4) is 11.3 Å². The van der Waals surface area contributed by atoms with E-state index in [2.05, 4.69) is 107 Å². The van der Waals surface area contributed by atoms with E-state index in [1.165, 1.54) is 6.33 Å². The Kier molecular flexibility index (Phi) is 7.66. The van der Waals surface area contributed by atoms with Gasteiger partial charge in [0.15, 0.2) is 5.78 Å². The van der Waals surface area contributed by atoms with Crippen molar-refractivity contribution in [1.29, 1.82) is 0 Å². The molecule has 0 N–H and O–H groups in total. The molecule has 210 valence electrons. The molecule has 0 atom stereocenters. The summed E-state index contributed by atoms with van der Waals surface area (Å²) in [5.41, 5.74) is 5.25. The summed E-state index contributed by atoms with van der Waals surface area (Å²) in [7, 11) is 0. The Labute approximate surface area is 248 Å². The van der Waals surface area contributed by atoms with Crippen LogP contribution in [-0.2, 0) is 10.3 Å². The van der Waals surface area contributed by atoms with Crippen LogP contribution in [0.25, 0.3) is 17.3 Å². The number of ketones is 1. The molecule has 0 radical (unpaired) electrons. The first-order valence-electron chi connectivity index (χ1n) is 14.7. The smallest absolute Gasteiger partial charge is 0.158 e. The summed E-state index contributed by atoms with van der Waals surface area (Å²) < 4.78 is 2.18. The lowest BCUT2D eigenvalue weighted by Gasteiger charge is -2.37. The third-order valence-electron chi connectivity index (χ3n) is 8.71. The summed E-state index contributed by atoms with van der Waals surface area (Å²) in [6.45, 7) is 4.58. The fraction of sp³-hybridized carbons (Fsp3) is 0.243. The van der Waals surface area contributed by atoms with Gasteiger partial charge in [0.25, 0.3) is 0 Å². The third kappa shape index (κ3) is 5.35. The van der Waals surface area contributed by atoms with Gasteiger partial charge < -0.3 is 4.57 Å². The molecule has 1 fully saturated rings. The van der Waals surface area contributed by atoms with Gasteiger partial charge in [0.05, 0.1) is 17.7 Å². The number of hydrogen-bond donors (Lipinski definition) is 0. The van der Waals surface area contributed by atoms with Crippen LogP contribution >= 0.6 is 0 Å². The standard InChI is InChI=1S/C37H36N4O/c1-36(2)22-20-28(21-23-36)35(42)19-18-33-32(24-38-26-39-33)34-25-41(27-40-34)37(29-12-6-3-7-13-29,30-14-8-4-9-15-30)31-16-10-5-11-17-31/h3-19,24-28H,20-23H2,1-2H3/b19-18+. The van der Waals surface area contributed by atoms with Crippen LogP contribution in [0.3, 0.4) is 0 Å². The fourth-order valence-electron chi connectivity index (χ4n) is 6.28. The van der Waals surface area contributed by atoms with Crippen molar-refractivity contribution in [1.82, 2.24) is 19.5 Å². The molecular formula is C37H36N4O. The Morgan fingerprint density at radius 2 is 1.38 bits per heavy atom. The average Bonchev–Trinajstić information content (AvgIpc) is 3.52. The zero-order valence-electron chi connectivity index (χ0n) is 24.2. The second kappa shape index (κ2) is 11.7. The van der Waals surface area contributed by atoms with Crippen molar-refractivity contribution in [2.75, 3.05) is 0 Å². The molecule has 0 unspecified atom stereocenters. The number of nitrogens with zero attached hydrogens (tertiary/aromatic N) is 4. The molecule has 5 nitrogen and oxygen atoms in total. The fourth-order valence-corrected chi connectivity index (χ4v) is 6.28. The molecule has 0 amide bonds. The van der Waals surface area contributed by atoms with E-state index in [-0.39, 0.29) is 11.7 Å². The van der Waals surface area contributed by atoms with Crippen molar-refractivity contribution in [2.24, 2.45) is 11.3 Å². The molecule has 0 saturated heterocycles. The van der Waals surface area contributed by atoms with Crippen LogP contribution in [0, 0.1) is 11.3 Å². The summed E-state index contributed by atoms with van der Waals surface area (Å²) in [6.07, 6.45) is 14.8. The Morgan fingerprint density at radius 3 is 1.93 bits per heavy atom. The lowest BCUT2D eigenvalue weighted by molar-refractivity contribution is -0.119. The molecule has 0 aliphatic heterocycles. The summed E-state index contributed by atoms with van der Waals surface area (Å²) in [4.78, 5) is 26.8. The largest absolute Gasteiger partial charge is 0.318 e. The van der Waals surface area contributed by atoms with Gasteiger partial charge in [-0.1, -0.05) is 105 Å². The first kappa shape index (κ1) is 27.5. The maximum Gasteiger partial charge on any atom is 0.158 e. The van der Waals surface area contributed by atoms with Gasteiger partial charge in [-0.3, -0.25) is 4.79 Å². The summed E-state index contributed by atoms with van der Waals surface area (Å²) >= 11 is 0. The van der Waals surface area contributed by atoms with Gasteiger partial charge >= 0.3 is 0 Å². The number of aromatic nitrogens is 4. The first-order chi connectivity index (χ1) is 20.5. The second-order valence-electron chi connectivity index (χ2n) is 12.0. The van der Waals surface area contributed by atoms with E-state index >= 15 is 0 Å². The number of rotatable bonds is 8. The Hall–Kier alpha value is -4.64. The highest BCUT2D eigenvalue weighted by Gasteiger charge is 2.38. The molecule has 6 rings (SSSR count). The Balaban J connectivity index is 1.41. The number of carbonyl (C=O) groups is 1. The predicted molar refractivity (Wildman–Crippen MR) is 168 cm³/mol. The second-order valence-corrected chi connectivity index (χ2v) is 12.0. The van der Waals surface area contributed by atoms with E-state index < -0.39 is 5.54 Å². The minimum absolute atomic E-state index is 0.0852. The van der Waals surface area contributed by atoms with Crippen LogP contribution in [0.15, 0.2) is 122 Å². The van der Waals surface area contributed by atoms with Crippen LogP contribution in [0.1, 0.15) is 61.9 Å². The maximum absolute atomic E-state index is 13.1. The Bertz CT molecular complexity index is 1570. The van der Waals surface area contributed by atoms with Crippen LogP contribution in [0.2, 0.25) is 0 Å². The van der Waals surface area contributed by atoms with E-state index in [1.54, 1.807) is 12.3 Å².